The van der Waals surface area contributed by atoms with Crippen molar-refractivity contribution < 1.29 is 14.1 Å². The summed E-state index contributed by atoms with van der Waals surface area (Å²) < 4.78 is 11.0. The number of anilines is 2. The SMILES string of the molecule is COCCNc1cc(N2CCN(C)CC2)c2noc3c2c1C(=O)c1ccccc1-3. The fourth-order valence-electron chi connectivity index (χ4n) is 4.26. The number of methoxy groups -OCH3 is 1. The molecule has 0 amide bonds. The zero-order valence-corrected chi connectivity index (χ0v) is 16.7. The molecule has 0 unspecified atom stereocenters. The number of likely N-dealkylation sites (N-methyl/N-ethyl adjacent to an activating group) is 1. The molecule has 150 valence electrons. The van der Waals surface area contributed by atoms with Crippen LogP contribution >= 0.6 is 0 Å². The van der Waals surface area contributed by atoms with Crippen molar-refractivity contribution in [2.75, 3.05) is 63.7 Å². The van der Waals surface area contributed by atoms with Gasteiger partial charge in [0.1, 0.15) is 5.52 Å². The van der Waals surface area contributed by atoms with E-state index < -0.39 is 0 Å². The Labute approximate surface area is 169 Å². The maximum absolute atomic E-state index is 13.4. The van der Waals surface area contributed by atoms with Crippen molar-refractivity contribution in [3.63, 3.8) is 0 Å². The van der Waals surface area contributed by atoms with Crippen molar-refractivity contribution in [3.05, 3.63) is 41.5 Å². The molecule has 0 atom stereocenters. The van der Waals surface area contributed by atoms with Crippen molar-refractivity contribution in [2.24, 2.45) is 0 Å². The summed E-state index contributed by atoms with van der Waals surface area (Å²) in [6.07, 6.45) is 0. The van der Waals surface area contributed by atoms with Gasteiger partial charge in [0, 0.05) is 56.6 Å². The second-order valence-electron chi connectivity index (χ2n) is 7.64. The Kier molecular flexibility index (Phi) is 4.49. The number of ether oxygens (including phenoxy) is 1. The quantitative estimate of drug-likeness (QED) is 0.524. The van der Waals surface area contributed by atoms with E-state index >= 15 is 0 Å². The van der Waals surface area contributed by atoms with Crippen LogP contribution < -0.4 is 10.2 Å². The zero-order valence-electron chi connectivity index (χ0n) is 16.7. The summed E-state index contributed by atoms with van der Waals surface area (Å²) in [6.45, 7) is 4.98. The van der Waals surface area contributed by atoms with Crippen LogP contribution in [-0.2, 0) is 4.74 Å². The minimum atomic E-state index is 0.00569. The molecule has 7 heteroatoms. The van der Waals surface area contributed by atoms with E-state index in [9.17, 15) is 4.79 Å². The number of rotatable bonds is 5. The molecule has 1 aliphatic carbocycles. The van der Waals surface area contributed by atoms with E-state index in [0.717, 1.165) is 54.0 Å². The molecular weight excluding hydrogens is 368 g/mol. The fourth-order valence-corrected chi connectivity index (χ4v) is 4.26. The van der Waals surface area contributed by atoms with Gasteiger partial charge < -0.3 is 24.4 Å². The molecule has 29 heavy (non-hydrogen) atoms. The highest BCUT2D eigenvalue weighted by molar-refractivity contribution is 6.28. The van der Waals surface area contributed by atoms with Crippen LogP contribution in [0.25, 0.3) is 22.2 Å². The average Bonchev–Trinajstić information content (AvgIpc) is 3.18. The molecule has 1 saturated heterocycles. The van der Waals surface area contributed by atoms with Crippen LogP contribution in [0.15, 0.2) is 34.9 Å². The lowest BCUT2D eigenvalue weighted by Crippen LogP contribution is -2.44. The van der Waals surface area contributed by atoms with Gasteiger partial charge in [-0.3, -0.25) is 4.79 Å². The highest BCUT2D eigenvalue weighted by Crippen LogP contribution is 2.45. The molecule has 7 nitrogen and oxygen atoms in total. The van der Waals surface area contributed by atoms with Crippen LogP contribution in [0.4, 0.5) is 11.4 Å². The average molecular weight is 392 g/mol. The molecule has 2 heterocycles. The largest absolute Gasteiger partial charge is 0.383 e. The summed E-state index contributed by atoms with van der Waals surface area (Å²) in [5, 5.41) is 8.64. The molecule has 2 aromatic carbocycles. The van der Waals surface area contributed by atoms with Crippen LogP contribution in [-0.4, -0.2) is 69.3 Å². The molecule has 1 aromatic heterocycles. The first kappa shape index (κ1) is 18.1. The van der Waals surface area contributed by atoms with E-state index in [2.05, 4.69) is 33.4 Å². The van der Waals surface area contributed by atoms with E-state index in [-0.39, 0.29) is 5.78 Å². The van der Waals surface area contributed by atoms with Gasteiger partial charge in [-0.2, -0.15) is 0 Å². The van der Waals surface area contributed by atoms with E-state index in [1.807, 2.05) is 24.3 Å². The summed E-state index contributed by atoms with van der Waals surface area (Å²) in [6, 6.07) is 9.63. The number of aromatic nitrogens is 1. The summed E-state index contributed by atoms with van der Waals surface area (Å²) in [7, 11) is 3.81. The third-order valence-corrected chi connectivity index (χ3v) is 5.84. The highest BCUT2D eigenvalue weighted by atomic mass is 16.5. The topological polar surface area (TPSA) is 70.8 Å². The Morgan fingerprint density at radius 1 is 1.17 bits per heavy atom. The highest BCUT2D eigenvalue weighted by Gasteiger charge is 2.33. The molecule has 0 spiro atoms. The lowest BCUT2D eigenvalue weighted by atomic mass is 9.86. The minimum Gasteiger partial charge on any atom is -0.383 e. The number of benzene rings is 2. The molecule has 0 radical (unpaired) electrons. The monoisotopic (exact) mass is 392 g/mol. The summed E-state index contributed by atoms with van der Waals surface area (Å²) in [4.78, 5) is 18.1. The Morgan fingerprint density at radius 3 is 2.69 bits per heavy atom. The van der Waals surface area contributed by atoms with Crippen LogP contribution in [0.2, 0.25) is 0 Å². The van der Waals surface area contributed by atoms with Crippen LogP contribution in [0.3, 0.4) is 0 Å². The first-order valence-electron chi connectivity index (χ1n) is 9.96. The third kappa shape index (κ3) is 2.89. The Morgan fingerprint density at radius 2 is 1.93 bits per heavy atom. The van der Waals surface area contributed by atoms with Gasteiger partial charge in [0.05, 0.1) is 23.2 Å². The third-order valence-electron chi connectivity index (χ3n) is 5.84. The summed E-state index contributed by atoms with van der Waals surface area (Å²) in [5.74, 6) is 0.683. The van der Waals surface area contributed by atoms with E-state index in [0.29, 0.717) is 30.0 Å². The van der Waals surface area contributed by atoms with Crippen molar-refractivity contribution in [2.45, 2.75) is 0 Å². The first-order valence-corrected chi connectivity index (χ1v) is 9.96. The predicted molar refractivity (Wildman–Crippen MR) is 113 cm³/mol. The second kappa shape index (κ2) is 7.17. The van der Waals surface area contributed by atoms with Gasteiger partial charge >= 0.3 is 0 Å². The summed E-state index contributed by atoms with van der Waals surface area (Å²) in [5.41, 5.74) is 4.70. The molecule has 1 N–H and O–H groups in total. The van der Waals surface area contributed by atoms with Crippen molar-refractivity contribution in [1.82, 2.24) is 10.1 Å². The van der Waals surface area contributed by atoms with Gasteiger partial charge in [-0.25, -0.2) is 0 Å². The second-order valence-corrected chi connectivity index (χ2v) is 7.64. The smallest absolute Gasteiger partial charge is 0.196 e. The van der Waals surface area contributed by atoms with E-state index in [4.69, 9.17) is 9.26 Å². The van der Waals surface area contributed by atoms with Gasteiger partial charge in [0.2, 0.25) is 0 Å². The van der Waals surface area contributed by atoms with Gasteiger partial charge in [0.15, 0.2) is 11.5 Å². The van der Waals surface area contributed by atoms with Crippen molar-refractivity contribution in [1.29, 1.82) is 0 Å². The fraction of sp³-hybridized carbons (Fsp3) is 0.364. The molecule has 5 rings (SSSR count). The standard InChI is InChI=1S/C22H24N4O3/c1-25-8-10-26(11-9-25)17-13-16(23-7-12-28-2)18-19-20(17)24-29-22(19)15-6-4-3-5-14(15)21(18)27/h3-6,13,23H,7-12H2,1-2H3. The normalized spacial score (nSPS) is 16.3. The number of hydrogen-bond donors (Lipinski definition) is 1. The molecule has 0 saturated carbocycles. The maximum Gasteiger partial charge on any atom is 0.196 e. The minimum absolute atomic E-state index is 0.00569. The summed E-state index contributed by atoms with van der Waals surface area (Å²) >= 11 is 0. The Balaban J connectivity index is 1.71. The zero-order chi connectivity index (χ0) is 20.0. The number of hydrogen-bond acceptors (Lipinski definition) is 7. The first-order chi connectivity index (χ1) is 14.2. The number of carbonyl (C=O) groups excluding carboxylic acids is 1. The number of nitrogens with one attached hydrogen (secondary N) is 1. The van der Waals surface area contributed by atoms with Gasteiger partial charge in [-0.05, 0) is 13.1 Å². The number of piperazine rings is 1. The van der Waals surface area contributed by atoms with E-state index in [1.54, 1.807) is 7.11 Å². The number of nitrogens with zero attached hydrogens (tertiary/aromatic N) is 3. The van der Waals surface area contributed by atoms with Crippen LogP contribution in [0.1, 0.15) is 15.9 Å². The van der Waals surface area contributed by atoms with Crippen LogP contribution in [0.5, 0.6) is 0 Å². The van der Waals surface area contributed by atoms with Gasteiger partial charge in [-0.15, -0.1) is 0 Å². The van der Waals surface area contributed by atoms with Crippen LogP contribution in [0, 0.1) is 0 Å². The molecule has 1 fully saturated rings. The Bertz CT molecular complexity index is 1080. The molecule has 3 aromatic rings. The number of ketones is 1. The lowest BCUT2D eigenvalue weighted by Gasteiger charge is -2.34. The number of fused-ring (bicyclic) bond motifs is 2. The number of carbonyl (C=O) groups is 1. The maximum atomic E-state index is 13.4. The molecule has 1 aliphatic heterocycles. The van der Waals surface area contributed by atoms with Gasteiger partial charge in [-0.1, -0.05) is 29.4 Å². The van der Waals surface area contributed by atoms with E-state index in [1.165, 1.54) is 0 Å². The van der Waals surface area contributed by atoms with Gasteiger partial charge in [0.25, 0.3) is 0 Å². The van der Waals surface area contributed by atoms with Crippen molar-refractivity contribution >= 4 is 28.1 Å². The lowest BCUT2D eigenvalue weighted by molar-refractivity contribution is 0.104. The van der Waals surface area contributed by atoms with Crippen molar-refractivity contribution in [3.8, 4) is 11.3 Å². The molecular formula is C22H24N4O3. The molecule has 0 bridgehead atoms. The molecule has 2 aliphatic rings. The predicted octanol–water partition coefficient (Wildman–Crippen LogP) is 2.85. The Hall–Kier alpha value is -2.90.